The Bertz CT molecular complexity index is 318. The Morgan fingerprint density at radius 3 is 2.73 bits per heavy atom. The van der Waals surface area contributed by atoms with Crippen LogP contribution in [0.25, 0.3) is 0 Å². The summed E-state index contributed by atoms with van der Waals surface area (Å²) >= 11 is 0. The molecule has 1 heteroatoms. The van der Waals surface area contributed by atoms with Gasteiger partial charge in [-0.15, -0.1) is 6.42 Å². The van der Waals surface area contributed by atoms with E-state index in [1.807, 2.05) is 19.1 Å². The van der Waals surface area contributed by atoms with Gasteiger partial charge < -0.3 is 0 Å². The SMILES string of the molecule is C#Cc1cccc(C)c1C=O. The molecule has 1 nitrogen and oxygen atoms in total. The zero-order chi connectivity index (χ0) is 8.27. The van der Waals surface area contributed by atoms with Gasteiger partial charge in [0.15, 0.2) is 6.29 Å². The molecule has 0 N–H and O–H groups in total. The van der Waals surface area contributed by atoms with Crippen molar-refractivity contribution < 1.29 is 4.79 Å². The highest BCUT2D eigenvalue weighted by atomic mass is 16.1. The summed E-state index contributed by atoms with van der Waals surface area (Å²) in [6.45, 7) is 1.87. The third kappa shape index (κ3) is 1.30. The summed E-state index contributed by atoms with van der Waals surface area (Å²) in [4.78, 5) is 10.5. The van der Waals surface area contributed by atoms with Crippen molar-refractivity contribution in [2.75, 3.05) is 0 Å². The minimum atomic E-state index is 0.620. The lowest BCUT2D eigenvalue weighted by molar-refractivity contribution is 0.112. The molecule has 0 bridgehead atoms. The number of carbonyl (C=O) groups is 1. The largest absolute Gasteiger partial charge is 0.298 e. The minimum absolute atomic E-state index is 0.620. The van der Waals surface area contributed by atoms with Crippen LogP contribution in [0.5, 0.6) is 0 Å². The van der Waals surface area contributed by atoms with Gasteiger partial charge in [0.05, 0.1) is 0 Å². The molecule has 1 aromatic rings. The van der Waals surface area contributed by atoms with Gasteiger partial charge in [-0.3, -0.25) is 4.79 Å². The zero-order valence-electron chi connectivity index (χ0n) is 6.29. The fourth-order valence-corrected chi connectivity index (χ4v) is 0.963. The van der Waals surface area contributed by atoms with Crippen molar-refractivity contribution in [2.24, 2.45) is 0 Å². The molecule has 0 saturated heterocycles. The highest BCUT2D eigenvalue weighted by Crippen LogP contribution is 2.09. The standard InChI is InChI=1S/C10H8O/c1-3-9-6-4-5-8(2)10(9)7-11/h1,4-7H,2H3. The molecule has 0 radical (unpaired) electrons. The lowest BCUT2D eigenvalue weighted by atomic mass is 10.0. The lowest BCUT2D eigenvalue weighted by Crippen LogP contribution is -1.90. The third-order valence-electron chi connectivity index (χ3n) is 1.60. The number of hydrogen-bond acceptors (Lipinski definition) is 1. The summed E-state index contributed by atoms with van der Waals surface area (Å²) in [6.07, 6.45) is 5.98. The van der Waals surface area contributed by atoms with Crippen LogP contribution in [0.15, 0.2) is 18.2 Å². The third-order valence-corrected chi connectivity index (χ3v) is 1.60. The summed E-state index contributed by atoms with van der Waals surface area (Å²) in [5.74, 6) is 2.46. The molecular formula is C10H8O. The molecule has 0 aliphatic heterocycles. The van der Waals surface area contributed by atoms with E-state index < -0.39 is 0 Å². The fraction of sp³-hybridized carbons (Fsp3) is 0.100. The van der Waals surface area contributed by atoms with Gasteiger partial charge in [0.1, 0.15) is 0 Å². The van der Waals surface area contributed by atoms with E-state index in [-0.39, 0.29) is 0 Å². The highest BCUT2D eigenvalue weighted by molar-refractivity contribution is 5.81. The van der Waals surface area contributed by atoms with Gasteiger partial charge in [0.2, 0.25) is 0 Å². The maximum absolute atomic E-state index is 10.5. The van der Waals surface area contributed by atoms with Gasteiger partial charge in [0.25, 0.3) is 0 Å². The van der Waals surface area contributed by atoms with Crippen LogP contribution in [0.2, 0.25) is 0 Å². The Labute approximate surface area is 66.1 Å². The van der Waals surface area contributed by atoms with E-state index in [1.54, 1.807) is 6.07 Å². The smallest absolute Gasteiger partial charge is 0.151 e. The van der Waals surface area contributed by atoms with Crippen molar-refractivity contribution >= 4 is 6.29 Å². The summed E-state index contributed by atoms with van der Waals surface area (Å²) in [5.41, 5.74) is 2.21. The van der Waals surface area contributed by atoms with E-state index in [0.717, 1.165) is 11.8 Å². The Morgan fingerprint density at radius 2 is 2.27 bits per heavy atom. The van der Waals surface area contributed by atoms with E-state index in [2.05, 4.69) is 5.92 Å². The molecule has 0 amide bonds. The molecule has 0 aliphatic rings. The van der Waals surface area contributed by atoms with Crippen molar-refractivity contribution in [1.29, 1.82) is 0 Å². The average molecular weight is 144 g/mol. The van der Waals surface area contributed by atoms with E-state index in [4.69, 9.17) is 6.42 Å². The molecule has 11 heavy (non-hydrogen) atoms. The second-order valence-electron chi connectivity index (χ2n) is 2.30. The van der Waals surface area contributed by atoms with Gasteiger partial charge >= 0.3 is 0 Å². The van der Waals surface area contributed by atoms with Crippen molar-refractivity contribution in [3.05, 3.63) is 34.9 Å². The molecule has 1 rings (SSSR count). The van der Waals surface area contributed by atoms with Crippen LogP contribution in [0.4, 0.5) is 0 Å². The van der Waals surface area contributed by atoms with E-state index >= 15 is 0 Å². The fourth-order valence-electron chi connectivity index (χ4n) is 0.963. The number of rotatable bonds is 1. The first-order valence-electron chi connectivity index (χ1n) is 3.31. The summed E-state index contributed by atoms with van der Waals surface area (Å²) in [7, 11) is 0. The molecule has 0 atom stereocenters. The predicted octanol–water partition coefficient (Wildman–Crippen LogP) is 1.79. The predicted molar refractivity (Wildman–Crippen MR) is 44.5 cm³/mol. The number of terminal acetylenes is 1. The molecule has 0 unspecified atom stereocenters. The quantitative estimate of drug-likeness (QED) is 0.434. The van der Waals surface area contributed by atoms with Crippen LogP contribution in [0.3, 0.4) is 0 Å². The Kier molecular flexibility index (Phi) is 2.08. The first-order chi connectivity index (χ1) is 5.29. The molecule has 0 aliphatic carbocycles. The number of carbonyl (C=O) groups excluding carboxylic acids is 1. The van der Waals surface area contributed by atoms with Gasteiger partial charge in [0, 0.05) is 11.1 Å². The molecule has 0 saturated carbocycles. The molecule has 54 valence electrons. The van der Waals surface area contributed by atoms with E-state index in [1.165, 1.54) is 0 Å². The average Bonchev–Trinajstić information content (AvgIpc) is 2.04. The van der Waals surface area contributed by atoms with Gasteiger partial charge in [-0.05, 0) is 18.6 Å². The lowest BCUT2D eigenvalue weighted by Gasteiger charge is -1.99. The molecule has 1 aromatic carbocycles. The first kappa shape index (κ1) is 7.56. The van der Waals surface area contributed by atoms with Crippen molar-refractivity contribution in [3.8, 4) is 12.3 Å². The van der Waals surface area contributed by atoms with Gasteiger partial charge in [-0.2, -0.15) is 0 Å². The summed E-state index contributed by atoms with van der Waals surface area (Å²) in [6, 6.07) is 5.47. The molecule has 0 spiro atoms. The monoisotopic (exact) mass is 144 g/mol. The maximum Gasteiger partial charge on any atom is 0.151 e. The van der Waals surface area contributed by atoms with Gasteiger partial charge in [-0.1, -0.05) is 18.1 Å². The topological polar surface area (TPSA) is 17.1 Å². The summed E-state index contributed by atoms with van der Waals surface area (Å²) < 4.78 is 0. The second-order valence-corrected chi connectivity index (χ2v) is 2.30. The summed E-state index contributed by atoms with van der Waals surface area (Å²) in [5, 5.41) is 0. The molecule has 0 aromatic heterocycles. The Morgan fingerprint density at radius 1 is 1.55 bits per heavy atom. The van der Waals surface area contributed by atoms with Crippen LogP contribution in [-0.2, 0) is 0 Å². The van der Waals surface area contributed by atoms with Crippen molar-refractivity contribution in [1.82, 2.24) is 0 Å². The van der Waals surface area contributed by atoms with Gasteiger partial charge in [-0.25, -0.2) is 0 Å². The van der Waals surface area contributed by atoms with Crippen LogP contribution in [0.1, 0.15) is 21.5 Å². The first-order valence-corrected chi connectivity index (χ1v) is 3.31. The van der Waals surface area contributed by atoms with Crippen LogP contribution in [0, 0.1) is 19.3 Å². The molecule has 0 heterocycles. The normalized spacial score (nSPS) is 8.73. The van der Waals surface area contributed by atoms with Crippen molar-refractivity contribution in [3.63, 3.8) is 0 Å². The minimum Gasteiger partial charge on any atom is -0.298 e. The Balaban J connectivity index is 3.38. The number of aryl methyl sites for hydroxylation is 1. The van der Waals surface area contributed by atoms with E-state index in [9.17, 15) is 4.79 Å². The number of hydrogen-bond donors (Lipinski definition) is 0. The number of benzene rings is 1. The highest BCUT2D eigenvalue weighted by Gasteiger charge is 1.99. The zero-order valence-corrected chi connectivity index (χ0v) is 6.29. The second kappa shape index (κ2) is 3.03. The maximum atomic E-state index is 10.5. The molecule has 0 fully saturated rings. The van der Waals surface area contributed by atoms with Crippen LogP contribution in [-0.4, -0.2) is 6.29 Å². The van der Waals surface area contributed by atoms with Crippen LogP contribution >= 0.6 is 0 Å². The Hall–Kier alpha value is -1.55. The van der Waals surface area contributed by atoms with Crippen LogP contribution < -0.4 is 0 Å². The van der Waals surface area contributed by atoms with Crippen molar-refractivity contribution in [2.45, 2.75) is 6.92 Å². The molecular weight excluding hydrogens is 136 g/mol. The van der Waals surface area contributed by atoms with E-state index in [0.29, 0.717) is 11.1 Å². The number of aldehydes is 1.